The first-order valence-electron chi connectivity index (χ1n) is 6.00. The van der Waals surface area contributed by atoms with Crippen LogP contribution in [0.1, 0.15) is 25.7 Å². The number of rotatable bonds is 2. The molecule has 4 heteroatoms. The van der Waals surface area contributed by atoms with Gasteiger partial charge in [0.1, 0.15) is 0 Å². The number of hydrogen-bond donors (Lipinski definition) is 2. The highest BCUT2D eigenvalue weighted by molar-refractivity contribution is 5.82. The van der Waals surface area contributed by atoms with Gasteiger partial charge in [-0.15, -0.1) is 0 Å². The lowest BCUT2D eigenvalue weighted by atomic mass is 10.1. The molecule has 1 saturated heterocycles. The smallest absolute Gasteiger partial charge is 0.241 e. The summed E-state index contributed by atoms with van der Waals surface area (Å²) >= 11 is 0. The monoisotopic (exact) mass is 211 g/mol. The Labute approximate surface area is 91.4 Å². The van der Waals surface area contributed by atoms with Crippen molar-refractivity contribution in [3.8, 4) is 0 Å². The predicted molar refractivity (Wildman–Crippen MR) is 59.7 cm³/mol. The van der Waals surface area contributed by atoms with Gasteiger partial charge in [-0.25, -0.2) is 0 Å². The maximum absolute atomic E-state index is 12.1. The van der Waals surface area contributed by atoms with E-state index in [9.17, 15) is 4.79 Å². The van der Waals surface area contributed by atoms with Crippen LogP contribution in [-0.2, 0) is 4.79 Å². The molecule has 4 nitrogen and oxygen atoms in total. The van der Waals surface area contributed by atoms with Gasteiger partial charge >= 0.3 is 0 Å². The second-order valence-corrected chi connectivity index (χ2v) is 4.60. The first-order valence-corrected chi connectivity index (χ1v) is 6.00. The molecule has 2 rings (SSSR count). The van der Waals surface area contributed by atoms with E-state index in [0.29, 0.717) is 6.04 Å². The van der Waals surface area contributed by atoms with Crippen LogP contribution < -0.4 is 10.6 Å². The Balaban J connectivity index is 1.87. The molecule has 0 aromatic heterocycles. The summed E-state index contributed by atoms with van der Waals surface area (Å²) < 4.78 is 0. The average Bonchev–Trinajstić information content (AvgIpc) is 2.82. The molecule has 15 heavy (non-hydrogen) atoms. The zero-order chi connectivity index (χ0) is 10.7. The lowest BCUT2D eigenvalue weighted by Crippen LogP contribution is -2.57. The molecular weight excluding hydrogens is 190 g/mol. The molecule has 86 valence electrons. The third kappa shape index (κ3) is 2.49. The van der Waals surface area contributed by atoms with Crippen molar-refractivity contribution in [2.75, 3.05) is 26.7 Å². The number of piperazine rings is 1. The number of hydrogen-bond acceptors (Lipinski definition) is 3. The molecule has 2 fully saturated rings. The second-order valence-electron chi connectivity index (χ2n) is 4.60. The fourth-order valence-electron chi connectivity index (χ4n) is 2.55. The molecule has 0 bridgehead atoms. The first kappa shape index (κ1) is 10.9. The Morgan fingerprint density at radius 3 is 2.60 bits per heavy atom. The average molecular weight is 211 g/mol. The van der Waals surface area contributed by atoms with Gasteiger partial charge in [0, 0.05) is 32.7 Å². The Morgan fingerprint density at radius 2 is 2.00 bits per heavy atom. The molecule has 1 amide bonds. The zero-order valence-electron chi connectivity index (χ0n) is 9.46. The van der Waals surface area contributed by atoms with Gasteiger partial charge in [-0.3, -0.25) is 4.79 Å². The van der Waals surface area contributed by atoms with Crippen molar-refractivity contribution in [3.05, 3.63) is 0 Å². The molecule has 1 heterocycles. The highest BCUT2D eigenvalue weighted by Crippen LogP contribution is 2.22. The number of carbonyl (C=O) groups excluding carboxylic acids is 1. The van der Waals surface area contributed by atoms with E-state index in [1.54, 1.807) is 0 Å². The maximum atomic E-state index is 12.1. The van der Waals surface area contributed by atoms with Gasteiger partial charge < -0.3 is 15.5 Å². The zero-order valence-corrected chi connectivity index (χ0v) is 9.46. The third-order valence-electron chi connectivity index (χ3n) is 3.56. The molecular formula is C11H21N3O. The normalized spacial score (nSPS) is 27.9. The third-order valence-corrected chi connectivity index (χ3v) is 3.56. The van der Waals surface area contributed by atoms with Crippen LogP contribution >= 0.6 is 0 Å². The van der Waals surface area contributed by atoms with Crippen molar-refractivity contribution in [3.63, 3.8) is 0 Å². The number of carbonyl (C=O) groups is 1. The van der Waals surface area contributed by atoms with Gasteiger partial charge in [-0.05, 0) is 12.8 Å². The van der Waals surface area contributed by atoms with Crippen molar-refractivity contribution >= 4 is 5.91 Å². The second kappa shape index (κ2) is 4.94. The van der Waals surface area contributed by atoms with Gasteiger partial charge in [0.2, 0.25) is 5.91 Å². The Morgan fingerprint density at radius 1 is 1.27 bits per heavy atom. The van der Waals surface area contributed by atoms with Gasteiger partial charge in [-0.2, -0.15) is 0 Å². The highest BCUT2D eigenvalue weighted by Gasteiger charge is 2.29. The summed E-state index contributed by atoms with van der Waals surface area (Å²) in [4.78, 5) is 14.1. The van der Waals surface area contributed by atoms with E-state index in [1.165, 1.54) is 25.7 Å². The summed E-state index contributed by atoms with van der Waals surface area (Å²) in [6.45, 7) is 2.64. The van der Waals surface area contributed by atoms with E-state index in [0.717, 1.165) is 19.6 Å². The molecule has 2 aliphatic rings. The van der Waals surface area contributed by atoms with Crippen LogP contribution in [0.3, 0.4) is 0 Å². The minimum absolute atomic E-state index is 0.00986. The van der Waals surface area contributed by atoms with Gasteiger partial charge in [0.25, 0.3) is 0 Å². The molecule has 0 aromatic rings. The number of nitrogens with one attached hydrogen (secondary N) is 2. The van der Waals surface area contributed by atoms with Crippen LogP contribution in [-0.4, -0.2) is 49.6 Å². The van der Waals surface area contributed by atoms with Crippen LogP contribution in [0.5, 0.6) is 0 Å². The van der Waals surface area contributed by atoms with Crippen LogP contribution in [0.25, 0.3) is 0 Å². The summed E-state index contributed by atoms with van der Waals surface area (Å²) in [5.74, 6) is 0.258. The van der Waals surface area contributed by atoms with Gasteiger partial charge in [-0.1, -0.05) is 12.8 Å². The van der Waals surface area contributed by atoms with Crippen LogP contribution in [0.15, 0.2) is 0 Å². The SMILES string of the molecule is CN(C(=O)C1CNCCN1)C1CCCC1. The molecule has 0 spiro atoms. The molecule has 0 aromatic carbocycles. The Bertz CT molecular complexity index is 220. The standard InChI is InChI=1S/C11H21N3O/c1-14(9-4-2-3-5-9)11(15)10-8-12-6-7-13-10/h9-10,12-13H,2-8H2,1H3. The minimum atomic E-state index is -0.00986. The summed E-state index contributed by atoms with van der Waals surface area (Å²) in [5, 5.41) is 6.52. The van der Waals surface area contributed by atoms with Gasteiger partial charge in [0.05, 0.1) is 6.04 Å². The van der Waals surface area contributed by atoms with Crippen molar-refractivity contribution in [1.82, 2.24) is 15.5 Å². The molecule has 2 N–H and O–H groups in total. The van der Waals surface area contributed by atoms with E-state index < -0.39 is 0 Å². The fraction of sp³-hybridized carbons (Fsp3) is 0.909. The number of nitrogens with zero attached hydrogens (tertiary/aromatic N) is 1. The van der Waals surface area contributed by atoms with E-state index in [4.69, 9.17) is 0 Å². The van der Waals surface area contributed by atoms with E-state index >= 15 is 0 Å². The number of amides is 1. The lowest BCUT2D eigenvalue weighted by Gasteiger charge is -2.31. The van der Waals surface area contributed by atoms with Gasteiger partial charge in [0.15, 0.2) is 0 Å². The van der Waals surface area contributed by atoms with Crippen molar-refractivity contribution in [1.29, 1.82) is 0 Å². The molecule has 1 atom stereocenters. The van der Waals surface area contributed by atoms with Crippen LogP contribution in [0.4, 0.5) is 0 Å². The predicted octanol–water partition coefficient (Wildman–Crippen LogP) is -0.0512. The van der Waals surface area contributed by atoms with Crippen LogP contribution in [0.2, 0.25) is 0 Å². The Hall–Kier alpha value is -0.610. The van der Waals surface area contributed by atoms with Crippen molar-refractivity contribution < 1.29 is 4.79 Å². The molecule has 0 radical (unpaired) electrons. The molecule has 1 saturated carbocycles. The maximum Gasteiger partial charge on any atom is 0.241 e. The Kier molecular flexibility index (Phi) is 3.59. The highest BCUT2D eigenvalue weighted by atomic mass is 16.2. The number of likely N-dealkylation sites (N-methyl/N-ethyl adjacent to an activating group) is 1. The summed E-state index contributed by atoms with van der Waals surface area (Å²) in [6, 6.07) is 0.477. The van der Waals surface area contributed by atoms with E-state index in [-0.39, 0.29) is 11.9 Å². The summed E-state index contributed by atoms with van der Waals surface area (Å²) in [5.41, 5.74) is 0. The largest absolute Gasteiger partial charge is 0.341 e. The topological polar surface area (TPSA) is 44.4 Å². The molecule has 1 unspecified atom stereocenters. The first-order chi connectivity index (χ1) is 7.29. The summed E-state index contributed by atoms with van der Waals surface area (Å²) in [7, 11) is 1.95. The van der Waals surface area contributed by atoms with Crippen molar-refractivity contribution in [2.45, 2.75) is 37.8 Å². The summed E-state index contributed by atoms with van der Waals surface area (Å²) in [6.07, 6.45) is 4.92. The minimum Gasteiger partial charge on any atom is -0.341 e. The van der Waals surface area contributed by atoms with Crippen molar-refractivity contribution in [2.24, 2.45) is 0 Å². The lowest BCUT2D eigenvalue weighted by molar-refractivity contribution is -0.134. The van der Waals surface area contributed by atoms with E-state index in [1.807, 2.05) is 11.9 Å². The fourth-order valence-corrected chi connectivity index (χ4v) is 2.55. The molecule has 1 aliphatic carbocycles. The quantitative estimate of drug-likeness (QED) is 0.673. The molecule has 1 aliphatic heterocycles. The van der Waals surface area contributed by atoms with Crippen LogP contribution in [0, 0.1) is 0 Å². The van der Waals surface area contributed by atoms with E-state index in [2.05, 4.69) is 10.6 Å².